The summed E-state index contributed by atoms with van der Waals surface area (Å²) in [7, 11) is 0. The molecule has 3 rings (SSSR count). The van der Waals surface area contributed by atoms with Crippen LogP contribution in [-0.4, -0.2) is 11.2 Å². The molecule has 25 heavy (non-hydrogen) atoms. The third kappa shape index (κ3) is 5.16. The highest BCUT2D eigenvalue weighted by Crippen LogP contribution is 2.25. The lowest BCUT2D eigenvalue weighted by atomic mass is 10.1. The number of anilines is 1. The first-order valence-electron chi connectivity index (χ1n) is 8.70. The SMILES string of the molecule is C[C@H](NC(=S)Nc1ccc(OC2CCCC2)cc1)c1ccc(F)cc1. The van der Waals surface area contributed by atoms with Gasteiger partial charge in [-0.1, -0.05) is 12.1 Å². The molecule has 0 saturated heterocycles. The zero-order valence-electron chi connectivity index (χ0n) is 14.3. The molecule has 1 atom stereocenters. The number of benzene rings is 2. The standard InChI is InChI=1S/C20H23FN2OS/c1-14(15-6-8-16(21)9-7-15)22-20(25)23-17-10-12-19(13-11-17)24-18-4-2-3-5-18/h6-14,18H,2-5H2,1H3,(H2,22,23,25)/t14-/m0/s1. The summed E-state index contributed by atoms with van der Waals surface area (Å²) < 4.78 is 19.0. The van der Waals surface area contributed by atoms with Gasteiger partial charge in [-0.05, 0) is 86.8 Å². The van der Waals surface area contributed by atoms with E-state index >= 15 is 0 Å². The van der Waals surface area contributed by atoms with Crippen LogP contribution < -0.4 is 15.4 Å². The number of ether oxygens (including phenoxy) is 1. The largest absolute Gasteiger partial charge is 0.490 e. The molecule has 5 heteroatoms. The minimum atomic E-state index is -0.239. The fourth-order valence-electron chi connectivity index (χ4n) is 3.01. The van der Waals surface area contributed by atoms with Crippen LogP contribution in [0.2, 0.25) is 0 Å². The zero-order chi connectivity index (χ0) is 17.6. The van der Waals surface area contributed by atoms with Gasteiger partial charge in [-0.3, -0.25) is 0 Å². The van der Waals surface area contributed by atoms with E-state index in [1.807, 2.05) is 31.2 Å². The monoisotopic (exact) mass is 358 g/mol. The molecule has 0 spiro atoms. The van der Waals surface area contributed by atoms with Crippen LogP contribution in [0.1, 0.15) is 44.2 Å². The summed E-state index contributed by atoms with van der Waals surface area (Å²) in [5, 5.41) is 6.90. The van der Waals surface area contributed by atoms with Gasteiger partial charge in [0.15, 0.2) is 5.11 Å². The molecule has 3 nitrogen and oxygen atoms in total. The van der Waals surface area contributed by atoms with Gasteiger partial charge in [-0.25, -0.2) is 4.39 Å². The maximum absolute atomic E-state index is 13.0. The van der Waals surface area contributed by atoms with E-state index in [9.17, 15) is 4.39 Å². The lowest BCUT2D eigenvalue weighted by Gasteiger charge is -2.18. The predicted molar refractivity (Wildman–Crippen MR) is 103 cm³/mol. The van der Waals surface area contributed by atoms with Crippen molar-refractivity contribution in [3.63, 3.8) is 0 Å². The maximum Gasteiger partial charge on any atom is 0.171 e. The lowest BCUT2D eigenvalue weighted by Crippen LogP contribution is -2.30. The summed E-state index contributed by atoms with van der Waals surface area (Å²) in [5.41, 5.74) is 1.88. The average molecular weight is 358 g/mol. The van der Waals surface area contributed by atoms with Gasteiger partial charge >= 0.3 is 0 Å². The van der Waals surface area contributed by atoms with Crippen LogP contribution >= 0.6 is 12.2 Å². The van der Waals surface area contributed by atoms with Gasteiger partial charge in [-0.2, -0.15) is 0 Å². The molecule has 1 saturated carbocycles. The molecule has 2 N–H and O–H groups in total. The van der Waals surface area contributed by atoms with Crippen LogP contribution in [0.4, 0.5) is 10.1 Å². The van der Waals surface area contributed by atoms with Crippen LogP contribution in [0.5, 0.6) is 5.75 Å². The van der Waals surface area contributed by atoms with E-state index in [-0.39, 0.29) is 11.9 Å². The number of thiocarbonyl (C=S) groups is 1. The quantitative estimate of drug-likeness (QED) is 0.720. The van der Waals surface area contributed by atoms with Gasteiger partial charge in [0.2, 0.25) is 0 Å². The average Bonchev–Trinajstić information content (AvgIpc) is 3.10. The Morgan fingerprint density at radius 2 is 1.72 bits per heavy atom. The normalized spacial score (nSPS) is 15.6. The Balaban J connectivity index is 1.50. The Bertz CT molecular complexity index is 697. The van der Waals surface area contributed by atoms with E-state index in [2.05, 4.69) is 10.6 Å². The number of rotatable bonds is 5. The highest BCUT2D eigenvalue weighted by molar-refractivity contribution is 7.80. The van der Waals surface area contributed by atoms with Crippen molar-refractivity contribution in [2.45, 2.75) is 44.8 Å². The van der Waals surface area contributed by atoms with E-state index in [0.717, 1.165) is 29.8 Å². The molecule has 132 valence electrons. The summed E-state index contributed by atoms with van der Waals surface area (Å²) in [6.45, 7) is 1.99. The van der Waals surface area contributed by atoms with Gasteiger partial charge in [0, 0.05) is 5.69 Å². The van der Waals surface area contributed by atoms with Crippen LogP contribution in [0.25, 0.3) is 0 Å². The summed E-state index contributed by atoms with van der Waals surface area (Å²) in [4.78, 5) is 0. The van der Waals surface area contributed by atoms with Gasteiger partial charge in [0.25, 0.3) is 0 Å². The predicted octanol–water partition coefficient (Wildman–Crippen LogP) is 5.19. The number of nitrogens with one attached hydrogen (secondary N) is 2. The van der Waals surface area contributed by atoms with Crippen molar-refractivity contribution in [1.82, 2.24) is 5.32 Å². The number of hydrogen-bond acceptors (Lipinski definition) is 2. The van der Waals surface area contributed by atoms with E-state index in [1.165, 1.54) is 25.0 Å². The van der Waals surface area contributed by atoms with Crippen LogP contribution in [0.15, 0.2) is 48.5 Å². The van der Waals surface area contributed by atoms with E-state index < -0.39 is 0 Å². The first-order chi connectivity index (χ1) is 12.1. The summed E-state index contributed by atoms with van der Waals surface area (Å²) >= 11 is 5.36. The second-order valence-corrected chi connectivity index (χ2v) is 6.83. The second-order valence-electron chi connectivity index (χ2n) is 6.42. The van der Waals surface area contributed by atoms with E-state index in [0.29, 0.717) is 11.2 Å². The Labute approximate surface area is 153 Å². The highest BCUT2D eigenvalue weighted by Gasteiger charge is 2.16. The molecule has 0 amide bonds. The minimum absolute atomic E-state index is 0.00873. The van der Waals surface area contributed by atoms with Gasteiger partial charge in [0.05, 0.1) is 12.1 Å². The molecular weight excluding hydrogens is 335 g/mol. The smallest absolute Gasteiger partial charge is 0.171 e. The first kappa shape index (κ1) is 17.7. The molecule has 2 aromatic rings. The van der Waals surface area contributed by atoms with E-state index in [4.69, 9.17) is 17.0 Å². The first-order valence-corrected chi connectivity index (χ1v) is 9.11. The Morgan fingerprint density at radius 3 is 2.36 bits per heavy atom. The lowest BCUT2D eigenvalue weighted by molar-refractivity contribution is 0.210. The van der Waals surface area contributed by atoms with Crippen molar-refractivity contribution in [2.75, 3.05) is 5.32 Å². The molecule has 1 aliphatic carbocycles. The van der Waals surface area contributed by atoms with Crippen molar-refractivity contribution < 1.29 is 9.13 Å². The molecule has 2 aromatic carbocycles. The van der Waals surface area contributed by atoms with Crippen LogP contribution in [0, 0.1) is 5.82 Å². The second kappa shape index (κ2) is 8.30. The molecule has 0 heterocycles. The molecule has 0 aromatic heterocycles. The van der Waals surface area contributed by atoms with Gasteiger partial charge < -0.3 is 15.4 Å². The molecule has 0 bridgehead atoms. The minimum Gasteiger partial charge on any atom is -0.490 e. The molecule has 0 radical (unpaired) electrons. The molecule has 1 fully saturated rings. The Hall–Kier alpha value is -2.14. The van der Waals surface area contributed by atoms with Gasteiger partial charge in [-0.15, -0.1) is 0 Å². The zero-order valence-corrected chi connectivity index (χ0v) is 15.1. The molecular formula is C20H23FN2OS. The topological polar surface area (TPSA) is 33.3 Å². The van der Waals surface area contributed by atoms with Crippen LogP contribution in [0.3, 0.4) is 0 Å². The van der Waals surface area contributed by atoms with Crippen molar-refractivity contribution in [3.8, 4) is 5.75 Å². The Morgan fingerprint density at radius 1 is 1.08 bits per heavy atom. The third-order valence-corrected chi connectivity index (χ3v) is 4.65. The summed E-state index contributed by atoms with van der Waals surface area (Å²) in [6.07, 6.45) is 5.18. The van der Waals surface area contributed by atoms with Crippen LogP contribution in [-0.2, 0) is 0 Å². The van der Waals surface area contributed by atoms with Crippen molar-refractivity contribution in [1.29, 1.82) is 0 Å². The third-order valence-electron chi connectivity index (χ3n) is 4.43. The molecule has 1 aliphatic rings. The summed E-state index contributed by atoms with van der Waals surface area (Å²) in [5.74, 6) is 0.660. The van der Waals surface area contributed by atoms with E-state index in [1.54, 1.807) is 12.1 Å². The number of hydrogen-bond donors (Lipinski definition) is 2. The van der Waals surface area contributed by atoms with Crippen molar-refractivity contribution >= 4 is 23.0 Å². The van der Waals surface area contributed by atoms with Crippen molar-refractivity contribution in [3.05, 3.63) is 59.9 Å². The Kier molecular flexibility index (Phi) is 5.87. The maximum atomic E-state index is 13.0. The fraction of sp³-hybridized carbons (Fsp3) is 0.350. The summed E-state index contributed by atoms with van der Waals surface area (Å²) in [6, 6.07) is 14.3. The van der Waals surface area contributed by atoms with Gasteiger partial charge in [0.1, 0.15) is 11.6 Å². The highest BCUT2D eigenvalue weighted by atomic mass is 32.1. The fourth-order valence-corrected chi connectivity index (χ4v) is 3.31. The number of halogens is 1. The molecule has 0 aliphatic heterocycles. The van der Waals surface area contributed by atoms with Crippen molar-refractivity contribution in [2.24, 2.45) is 0 Å². The molecule has 0 unspecified atom stereocenters.